The summed E-state index contributed by atoms with van der Waals surface area (Å²) < 4.78 is 27.0. The predicted octanol–water partition coefficient (Wildman–Crippen LogP) is 3.82. The van der Waals surface area contributed by atoms with Gasteiger partial charge in [0.1, 0.15) is 0 Å². The molecule has 4 heterocycles. The van der Waals surface area contributed by atoms with Crippen LogP contribution in [-0.2, 0) is 10.0 Å². The van der Waals surface area contributed by atoms with Crippen LogP contribution in [0.1, 0.15) is 24.3 Å². The predicted molar refractivity (Wildman–Crippen MR) is 143 cm³/mol. The number of rotatable bonds is 7. The second kappa shape index (κ2) is 9.75. The molecule has 4 aromatic rings. The maximum absolute atomic E-state index is 12.1. The molecular weight excluding hydrogens is 476 g/mol. The average Bonchev–Trinajstić information content (AvgIpc) is 3.28. The molecule has 1 fully saturated rings. The van der Waals surface area contributed by atoms with Crippen LogP contribution in [-0.4, -0.2) is 66.3 Å². The van der Waals surface area contributed by atoms with Crippen molar-refractivity contribution in [1.29, 1.82) is 0 Å². The largest absolute Gasteiger partial charge is 0.349 e. The van der Waals surface area contributed by atoms with Gasteiger partial charge in [0, 0.05) is 25.1 Å². The minimum Gasteiger partial charge on any atom is -0.349 e. The van der Waals surface area contributed by atoms with Crippen molar-refractivity contribution < 1.29 is 8.42 Å². The number of pyridine rings is 2. The van der Waals surface area contributed by atoms with Gasteiger partial charge in [0.25, 0.3) is 0 Å². The van der Waals surface area contributed by atoms with E-state index in [1.54, 1.807) is 22.8 Å². The number of nitrogens with one attached hydrogen (secondary N) is 2. The summed E-state index contributed by atoms with van der Waals surface area (Å²) in [5, 5.41) is 11.1. The van der Waals surface area contributed by atoms with Crippen LogP contribution in [0.15, 0.2) is 60.9 Å². The molecule has 0 amide bonds. The Morgan fingerprint density at radius 1 is 1.00 bits per heavy atom. The van der Waals surface area contributed by atoms with Gasteiger partial charge < -0.3 is 15.5 Å². The van der Waals surface area contributed by atoms with E-state index in [9.17, 15) is 8.42 Å². The molecule has 1 aromatic carbocycles. The molecule has 0 aliphatic carbocycles. The molecule has 1 aliphatic heterocycles. The summed E-state index contributed by atoms with van der Waals surface area (Å²) in [6.45, 7) is 2.27. The number of sulfonamides is 1. The topological polar surface area (TPSA) is 108 Å². The Balaban J connectivity index is 1.36. The van der Waals surface area contributed by atoms with Crippen molar-refractivity contribution in [2.45, 2.75) is 18.8 Å². The number of nitrogens with zero attached hydrogens (tertiary/aromatic N) is 6. The van der Waals surface area contributed by atoms with Crippen LogP contribution in [0.3, 0.4) is 0 Å². The van der Waals surface area contributed by atoms with Gasteiger partial charge in [-0.15, -0.1) is 5.10 Å². The lowest BCUT2D eigenvalue weighted by Gasteiger charge is -2.29. The fraction of sp³-hybridized carbons (Fsp3) is 0.320. The monoisotopic (exact) mass is 506 g/mol. The molecule has 3 aromatic heterocycles. The van der Waals surface area contributed by atoms with Crippen molar-refractivity contribution in [2.24, 2.45) is 0 Å². The number of anilines is 5. The van der Waals surface area contributed by atoms with E-state index in [-0.39, 0.29) is 0 Å². The molecule has 0 radical (unpaired) electrons. The van der Waals surface area contributed by atoms with Crippen LogP contribution in [0.5, 0.6) is 0 Å². The minimum atomic E-state index is -3.47. The number of hydrogen-bond donors (Lipinski definition) is 2. The lowest BCUT2D eigenvalue weighted by atomic mass is 9.89. The Morgan fingerprint density at radius 3 is 2.44 bits per heavy atom. The number of piperidine rings is 1. The van der Waals surface area contributed by atoms with E-state index in [2.05, 4.69) is 61.9 Å². The van der Waals surface area contributed by atoms with E-state index in [0.717, 1.165) is 29.3 Å². The van der Waals surface area contributed by atoms with Gasteiger partial charge in [-0.2, -0.15) is 4.98 Å². The first kappa shape index (κ1) is 24.0. The molecule has 2 N–H and O–H groups in total. The first-order valence-corrected chi connectivity index (χ1v) is 13.7. The Bertz CT molecular complexity index is 1460. The van der Waals surface area contributed by atoms with Crippen LogP contribution in [0.25, 0.3) is 5.65 Å². The van der Waals surface area contributed by atoms with E-state index in [0.29, 0.717) is 34.7 Å². The summed E-state index contributed by atoms with van der Waals surface area (Å²) in [5.74, 6) is 1.37. The van der Waals surface area contributed by atoms with E-state index < -0.39 is 10.0 Å². The van der Waals surface area contributed by atoms with E-state index in [1.165, 1.54) is 25.5 Å². The lowest BCUT2D eigenvalue weighted by Crippen LogP contribution is -2.29. The first-order chi connectivity index (χ1) is 17.3. The van der Waals surface area contributed by atoms with E-state index in [1.807, 2.05) is 18.3 Å². The highest BCUT2D eigenvalue weighted by molar-refractivity contribution is 7.92. The average molecular weight is 507 g/mol. The Morgan fingerprint density at radius 2 is 1.72 bits per heavy atom. The zero-order valence-electron chi connectivity index (χ0n) is 20.6. The summed E-state index contributed by atoms with van der Waals surface area (Å²) in [7, 11) is 0.178. The van der Waals surface area contributed by atoms with Gasteiger partial charge in [0.05, 0.1) is 17.6 Å². The van der Waals surface area contributed by atoms with Gasteiger partial charge in [-0.3, -0.25) is 4.31 Å². The number of aromatic nitrogens is 4. The van der Waals surface area contributed by atoms with Crippen molar-refractivity contribution in [3.63, 3.8) is 0 Å². The highest BCUT2D eigenvalue weighted by Crippen LogP contribution is 2.30. The standard InChI is InChI=1S/C25H30N8O2S/c1-31-16-12-19(13-17-31)18-8-10-20(11-9-18)27-25-29-24-22(7-5-15-33(24)30-25)28-21-6-4-14-26-23(21)32(2)36(3,34)35/h4-11,14-15,19,28H,12-13,16-17H2,1-3H3,(H,27,30). The van der Waals surface area contributed by atoms with Crippen molar-refractivity contribution in [3.05, 3.63) is 66.5 Å². The van der Waals surface area contributed by atoms with Gasteiger partial charge in [-0.05, 0) is 80.9 Å². The smallest absolute Gasteiger partial charge is 0.247 e. The molecule has 5 rings (SSSR count). The van der Waals surface area contributed by atoms with Crippen LogP contribution in [0.2, 0.25) is 0 Å². The third kappa shape index (κ3) is 5.12. The highest BCUT2D eigenvalue weighted by atomic mass is 32.2. The number of hydrogen-bond acceptors (Lipinski definition) is 8. The van der Waals surface area contributed by atoms with E-state index in [4.69, 9.17) is 0 Å². The Labute approximate surface area is 211 Å². The molecule has 0 spiro atoms. The van der Waals surface area contributed by atoms with Gasteiger partial charge in [-0.1, -0.05) is 12.1 Å². The lowest BCUT2D eigenvalue weighted by molar-refractivity contribution is 0.255. The molecule has 10 nitrogen and oxygen atoms in total. The first-order valence-electron chi connectivity index (χ1n) is 11.8. The van der Waals surface area contributed by atoms with Crippen molar-refractivity contribution in [1.82, 2.24) is 24.5 Å². The fourth-order valence-corrected chi connectivity index (χ4v) is 4.87. The molecule has 0 saturated carbocycles. The molecule has 11 heteroatoms. The van der Waals surface area contributed by atoms with Crippen LogP contribution in [0, 0.1) is 0 Å². The summed E-state index contributed by atoms with van der Waals surface area (Å²) in [4.78, 5) is 11.3. The van der Waals surface area contributed by atoms with Gasteiger partial charge >= 0.3 is 0 Å². The van der Waals surface area contributed by atoms with Crippen LogP contribution in [0.4, 0.5) is 28.8 Å². The summed E-state index contributed by atoms with van der Waals surface area (Å²) in [6.07, 6.45) is 6.88. The summed E-state index contributed by atoms with van der Waals surface area (Å²) in [6, 6.07) is 15.7. The highest BCUT2D eigenvalue weighted by Gasteiger charge is 2.19. The maximum atomic E-state index is 12.1. The van der Waals surface area contributed by atoms with Crippen molar-refractivity contribution >= 4 is 44.5 Å². The molecular formula is C25H30N8O2S. The molecule has 0 atom stereocenters. The molecule has 0 bridgehead atoms. The van der Waals surface area contributed by atoms with Crippen LogP contribution < -0.4 is 14.9 Å². The maximum Gasteiger partial charge on any atom is 0.247 e. The molecule has 36 heavy (non-hydrogen) atoms. The Hall–Kier alpha value is -3.70. The molecule has 188 valence electrons. The van der Waals surface area contributed by atoms with Gasteiger partial charge in [-0.25, -0.2) is 17.9 Å². The third-order valence-electron chi connectivity index (χ3n) is 6.57. The number of likely N-dealkylation sites (tertiary alicyclic amines) is 1. The number of benzene rings is 1. The molecule has 1 saturated heterocycles. The van der Waals surface area contributed by atoms with E-state index >= 15 is 0 Å². The summed E-state index contributed by atoms with van der Waals surface area (Å²) >= 11 is 0. The van der Waals surface area contributed by atoms with Crippen LogP contribution >= 0.6 is 0 Å². The second-order valence-electron chi connectivity index (χ2n) is 9.18. The molecule has 1 aliphatic rings. The zero-order chi connectivity index (χ0) is 25.3. The molecule has 0 unspecified atom stereocenters. The third-order valence-corrected chi connectivity index (χ3v) is 7.74. The van der Waals surface area contributed by atoms with Crippen molar-refractivity contribution in [3.8, 4) is 0 Å². The summed E-state index contributed by atoms with van der Waals surface area (Å²) in [5.41, 5.74) is 4.10. The van der Waals surface area contributed by atoms with Gasteiger partial charge in [0.2, 0.25) is 16.0 Å². The normalized spacial score (nSPS) is 15.2. The quantitative estimate of drug-likeness (QED) is 0.390. The SMILES string of the molecule is CN1CCC(c2ccc(Nc3nc4c(Nc5cccnc5N(C)S(C)(=O)=O)cccn4n3)cc2)CC1. The van der Waals surface area contributed by atoms with Gasteiger partial charge in [0.15, 0.2) is 11.5 Å². The van der Waals surface area contributed by atoms with Crippen molar-refractivity contribution in [2.75, 3.05) is 48.4 Å². The zero-order valence-corrected chi connectivity index (χ0v) is 21.4. The minimum absolute atomic E-state index is 0.296. The Kier molecular flexibility index (Phi) is 6.50. The number of fused-ring (bicyclic) bond motifs is 1. The fourth-order valence-electron chi connectivity index (χ4n) is 4.41. The second-order valence-corrected chi connectivity index (χ2v) is 11.2.